The summed E-state index contributed by atoms with van der Waals surface area (Å²) in [5.41, 5.74) is 3.28. The van der Waals surface area contributed by atoms with E-state index in [1.165, 1.54) is 0 Å². The van der Waals surface area contributed by atoms with E-state index in [0.717, 1.165) is 22.2 Å². The molecule has 4 nitrogen and oxygen atoms in total. The molecule has 0 radical (unpaired) electrons. The number of fused-ring (bicyclic) bond motifs is 1. The van der Waals surface area contributed by atoms with Crippen LogP contribution in [0.2, 0.25) is 0 Å². The molecule has 4 heteroatoms. The molecule has 0 fully saturated rings. The van der Waals surface area contributed by atoms with Gasteiger partial charge in [-0.25, -0.2) is 0 Å². The highest BCUT2D eigenvalue weighted by Crippen LogP contribution is 2.21. The quantitative estimate of drug-likeness (QED) is 0.593. The Hall–Kier alpha value is -3.40. The van der Waals surface area contributed by atoms with Gasteiger partial charge in [0.25, 0.3) is 5.91 Å². The number of hydrogen-bond acceptors (Lipinski definition) is 2. The van der Waals surface area contributed by atoms with Gasteiger partial charge in [-0.05, 0) is 29.8 Å². The standard InChI is InChI=1S/C21H17N3O/c25-21(19-14-16-10-4-5-11-17(16)23-19)24-20(15-8-2-1-3-9-15)18-12-6-7-13-22-18/h1-14,20,23H,(H,24,25). The van der Waals surface area contributed by atoms with E-state index in [4.69, 9.17) is 0 Å². The lowest BCUT2D eigenvalue weighted by Crippen LogP contribution is -2.30. The monoisotopic (exact) mass is 327 g/mol. The second-order valence-corrected chi connectivity index (χ2v) is 5.84. The molecule has 2 aromatic heterocycles. The molecule has 25 heavy (non-hydrogen) atoms. The van der Waals surface area contributed by atoms with Gasteiger partial charge >= 0.3 is 0 Å². The molecule has 1 amide bonds. The zero-order valence-electron chi connectivity index (χ0n) is 13.5. The Balaban J connectivity index is 1.67. The number of nitrogens with one attached hydrogen (secondary N) is 2. The molecule has 2 heterocycles. The predicted octanol–water partition coefficient (Wildman–Crippen LogP) is 4.08. The van der Waals surface area contributed by atoms with Crippen molar-refractivity contribution in [2.75, 3.05) is 0 Å². The van der Waals surface area contributed by atoms with E-state index in [0.29, 0.717) is 5.69 Å². The van der Waals surface area contributed by atoms with Crippen molar-refractivity contribution in [2.24, 2.45) is 0 Å². The summed E-state index contributed by atoms with van der Waals surface area (Å²) in [4.78, 5) is 20.4. The molecule has 4 aromatic rings. The molecular formula is C21H17N3O. The van der Waals surface area contributed by atoms with Crippen LogP contribution < -0.4 is 5.32 Å². The van der Waals surface area contributed by atoms with Crippen LogP contribution in [0.5, 0.6) is 0 Å². The molecule has 0 aliphatic heterocycles. The van der Waals surface area contributed by atoms with Crippen molar-refractivity contribution in [2.45, 2.75) is 6.04 Å². The lowest BCUT2D eigenvalue weighted by Gasteiger charge is -2.18. The Bertz CT molecular complexity index is 921. The summed E-state index contributed by atoms with van der Waals surface area (Å²) < 4.78 is 0. The number of pyridine rings is 1. The number of nitrogens with zero attached hydrogens (tertiary/aromatic N) is 1. The first-order valence-electron chi connectivity index (χ1n) is 8.16. The first-order chi connectivity index (χ1) is 12.3. The van der Waals surface area contributed by atoms with E-state index in [1.807, 2.05) is 78.9 Å². The minimum absolute atomic E-state index is 0.157. The maximum Gasteiger partial charge on any atom is 0.268 e. The number of rotatable bonds is 4. The van der Waals surface area contributed by atoms with Crippen LogP contribution in [0.3, 0.4) is 0 Å². The molecule has 0 bridgehead atoms. The molecule has 2 aromatic carbocycles. The van der Waals surface area contributed by atoms with E-state index in [1.54, 1.807) is 6.20 Å². The van der Waals surface area contributed by atoms with Crippen LogP contribution in [0.4, 0.5) is 0 Å². The number of para-hydroxylation sites is 1. The average Bonchev–Trinajstić information content (AvgIpc) is 3.12. The average molecular weight is 327 g/mol. The summed E-state index contributed by atoms with van der Waals surface area (Å²) in [6, 6.07) is 25.0. The lowest BCUT2D eigenvalue weighted by atomic mass is 10.0. The predicted molar refractivity (Wildman–Crippen MR) is 98.3 cm³/mol. The van der Waals surface area contributed by atoms with Gasteiger partial charge in [0.2, 0.25) is 0 Å². The van der Waals surface area contributed by atoms with Crippen LogP contribution in [0, 0.1) is 0 Å². The molecule has 0 aliphatic carbocycles. The van der Waals surface area contributed by atoms with Crippen LogP contribution in [0.25, 0.3) is 10.9 Å². The first-order valence-corrected chi connectivity index (χ1v) is 8.16. The zero-order chi connectivity index (χ0) is 17.1. The summed E-state index contributed by atoms with van der Waals surface area (Å²) in [7, 11) is 0. The summed E-state index contributed by atoms with van der Waals surface area (Å²) in [6.45, 7) is 0. The topological polar surface area (TPSA) is 57.8 Å². The van der Waals surface area contributed by atoms with E-state index in [2.05, 4.69) is 15.3 Å². The van der Waals surface area contributed by atoms with Gasteiger partial charge in [-0.3, -0.25) is 9.78 Å². The molecule has 0 saturated carbocycles. The highest BCUT2D eigenvalue weighted by molar-refractivity contribution is 5.98. The number of benzene rings is 2. The second kappa shape index (κ2) is 6.61. The molecule has 0 spiro atoms. The van der Waals surface area contributed by atoms with E-state index >= 15 is 0 Å². The third-order valence-corrected chi connectivity index (χ3v) is 4.17. The number of H-pyrrole nitrogens is 1. The van der Waals surface area contributed by atoms with E-state index in [-0.39, 0.29) is 11.9 Å². The SMILES string of the molecule is O=C(NC(c1ccccc1)c1ccccn1)c1cc2ccccc2[nH]1. The third kappa shape index (κ3) is 3.15. The molecule has 4 rings (SSSR count). The Labute approximate surface area is 145 Å². The number of aromatic amines is 1. The smallest absolute Gasteiger partial charge is 0.268 e. The van der Waals surface area contributed by atoms with Gasteiger partial charge in [0.1, 0.15) is 5.69 Å². The lowest BCUT2D eigenvalue weighted by molar-refractivity contribution is 0.0938. The first kappa shape index (κ1) is 15.1. The largest absolute Gasteiger partial charge is 0.351 e. The van der Waals surface area contributed by atoms with Gasteiger partial charge in [0.15, 0.2) is 0 Å². The number of amides is 1. The van der Waals surface area contributed by atoms with Crippen molar-refractivity contribution in [3.05, 3.63) is 102 Å². The molecule has 2 N–H and O–H groups in total. The van der Waals surface area contributed by atoms with Crippen molar-refractivity contribution in [1.82, 2.24) is 15.3 Å². The number of hydrogen-bond donors (Lipinski definition) is 2. The molecule has 1 unspecified atom stereocenters. The van der Waals surface area contributed by atoms with E-state index in [9.17, 15) is 4.79 Å². The highest BCUT2D eigenvalue weighted by atomic mass is 16.1. The fourth-order valence-corrected chi connectivity index (χ4v) is 2.92. The summed E-state index contributed by atoms with van der Waals surface area (Å²) in [6.07, 6.45) is 1.74. The van der Waals surface area contributed by atoms with Crippen molar-refractivity contribution in [3.8, 4) is 0 Å². The number of carbonyl (C=O) groups excluding carboxylic acids is 1. The van der Waals surface area contributed by atoms with Crippen molar-refractivity contribution in [3.63, 3.8) is 0 Å². The molecule has 0 saturated heterocycles. The van der Waals surface area contributed by atoms with Crippen LogP contribution in [-0.2, 0) is 0 Å². The summed E-state index contributed by atoms with van der Waals surface area (Å²) in [5.74, 6) is -0.157. The zero-order valence-corrected chi connectivity index (χ0v) is 13.5. The third-order valence-electron chi connectivity index (χ3n) is 4.17. The van der Waals surface area contributed by atoms with Gasteiger partial charge in [-0.2, -0.15) is 0 Å². The summed E-state index contributed by atoms with van der Waals surface area (Å²) >= 11 is 0. The van der Waals surface area contributed by atoms with Gasteiger partial charge in [0, 0.05) is 17.1 Å². The maximum atomic E-state index is 12.8. The fraction of sp³-hybridized carbons (Fsp3) is 0.0476. The fourth-order valence-electron chi connectivity index (χ4n) is 2.92. The van der Waals surface area contributed by atoms with Gasteiger partial charge < -0.3 is 10.3 Å². The van der Waals surface area contributed by atoms with Crippen LogP contribution in [0.1, 0.15) is 27.8 Å². The Morgan fingerprint density at radius 3 is 2.44 bits per heavy atom. The Morgan fingerprint density at radius 1 is 0.920 bits per heavy atom. The van der Waals surface area contributed by atoms with Gasteiger partial charge in [-0.1, -0.05) is 54.6 Å². The van der Waals surface area contributed by atoms with Gasteiger partial charge in [0.05, 0.1) is 11.7 Å². The molecule has 1 atom stereocenters. The van der Waals surface area contributed by atoms with Crippen LogP contribution in [-0.4, -0.2) is 15.9 Å². The van der Waals surface area contributed by atoms with Crippen LogP contribution in [0.15, 0.2) is 85.1 Å². The molecular weight excluding hydrogens is 310 g/mol. The maximum absolute atomic E-state index is 12.8. The van der Waals surface area contributed by atoms with Crippen molar-refractivity contribution < 1.29 is 4.79 Å². The van der Waals surface area contributed by atoms with Crippen LogP contribution >= 0.6 is 0 Å². The number of carbonyl (C=O) groups is 1. The molecule has 0 aliphatic rings. The van der Waals surface area contributed by atoms with E-state index < -0.39 is 0 Å². The van der Waals surface area contributed by atoms with Crippen molar-refractivity contribution in [1.29, 1.82) is 0 Å². The highest BCUT2D eigenvalue weighted by Gasteiger charge is 2.19. The Morgan fingerprint density at radius 2 is 1.68 bits per heavy atom. The second-order valence-electron chi connectivity index (χ2n) is 5.84. The molecule has 122 valence electrons. The van der Waals surface area contributed by atoms with Crippen molar-refractivity contribution >= 4 is 16.8 Å². The summed E-state index contributed by atoms with van der Waals surface area (Å²) in [5, 5.41) is 4.11. The number of aromatic nitrogens is 2. The van der Waals surface area contributed by atoms with Gasteiger partial charge in [-0.15, -0.1) is 0 Å². The minimum Gasteiger partial charge on any atom is -0.351 e. The minimum atomic E-state index is -0.304. The Kier molecular flexibility index (Phi) is 4.01. The normalized spacial score (nSPS) is 12.0.